The molecule has 0 saturated carbocycles. The minimum Gasteiger partial charge on any atom is -0.456 e. The second-order valence-electron chi connectivity index (χ2n) is 4.26. The number of anilines is 1. The number of esters is 1. The summed E-state index contributed by atoms with van der Waals surface area (Å²) in [5.74, 6) is -0.554. The van der Waals surface area contributed by atoms with E-state index in [0.29, 0.717) is 27.0 Å². The van der Waals surface area contributed by atoms with Crippen molar-refractivity contribution in [1.82, 2.24) is 9.78 Å². The lowest BCUT2D eigenvalue weighted by molar-refractivity contribution is 0.0461. The second-order valence-corrected chi connectivity index (χ2v) is 5.05. The van der Waals surface area contributed by atoms with Crippen LogP contribution in [0.5, 0.6) is 0 Å². The van der Waals surface area contributed by atoms with Gasteiger partial charge in [0.2, 0.25) is 0 Å². The number of carbonyl (C=O) groups is 1. The van der Waals surface area contributed by atoms with E-state index in [-0.39, 0.29) is 12.3 Å². The van der Waals surface area contributed by atoms with Crippen LogP contribution in [-0.4, -0.2) is 15.7 Å². The predicted octanol–water partition coefficient (Wildman–Crippen LogP) is 2.97. The number of hydrogen-bond donors (Lipinski definition) is 1. The zero-order valence-corrected chi connectivity index (χ0v) is 12.5. The Kier molecular flexibility index (Phi) is 4.20. The standard InChI is InChI=1S/C13H13Cl2N3O2/c1-7-11(16)12(18(2)17-7)13(19)20-6-8-4-3-5-9(14)10(8)15/h3-5H,6,16H2,1-2H3. The summed E-state index contributed by atoms with van der Waals surface area (Å²) in [5, 5.41) is 4.85. The Hall–Kier alpha value is -1.72. The van der Waals surface area contributed by atoms with Crippen LogP contribution in [0.15, 0.2) is 18.2 Å². The van der Waals surface area contributed by atoms with Crippen LogP contribution >= 0.6 is 23.2 Å². The molecule has 5 nitrogen and oxygen atoms in total. The van der Waals surface area contributed by atoms with Gasteiger partial charge in [0.25, 0.3) is 0 Å². The van der Waals surface area contributed by atoms with E-state index >= 15 is 0 Å². The van der Waals surface area contributed by atoms with Gasteiger partial charge in [-0.1, -0.05) is 35.3 Å². The first-order chi connectivity index (χ1) is 9.41. The molecule has 1 aromatic heterocycles. The molecule has 0 aliphatic rings. The number of hydrogen-bond acceptors (Lipinski definition) is 4. The summed E-state index contributed by atoms with van der Waals surface area (Å²) in [6.07, 6.45) is 0. The van der Waals surface area contributed by atoms with E-state index in [1.165, 1.54) is 4.68 Å². The quantitative estimate of drug-likeness (QED) is 0.884. The third kappa shape index (κ3) is 2.73. The fraction of sp³-hybridized carbons (Fsp3) is 0.231. The molecule has 2 N–H and O–H groups in total. The average molecular weight is 314 g/mol. The van der Waals surface area contributed by atoms with Crippen molar-refractivity contribution >= 4 is 34.9 Å². The van der Waals surface area contributed by atoms with Crippen LogP contribution in [0.1, 0.15) is 21.7 Å². The summed E-state index contributed by atoms with van der Waals surface area (Å²) in [6.45, 7) is 1.74. The van der Waals surface area contributed by atoms with Crippen molar-refractivity contribution in [3.8, 4) is 0 Å². The highest BCUT2D eigenvalue weighted by Gasteiger charge is 2.19. The summed E-state index contributed by atoms with van der Waals surface area (Å²) in [5.41, 5.74) is 7.55. The number of nitrogens with zero attached hydrogens (tertiary/aromatic N) is 2. The highest BCUT2D eigenvalue weighted by atomic mass is 35.5. The molecule has 0 bridgehead atoms. The van der Waals surface area contributed by atoms with E-state index < -0.39 is 5.97 Å². The van der Waals surface area contributed by atoms with Gasteiger partial charge in [0.05, 0.1) is 21.4 Å². The van der Waals surface area contributed by atoms with Crippen LogP contribution in [-0.2, 0) is 18.4 Å². The van der Waals surface area contributed by atoms with Crippen LogP contribution in [0, 0.1) is 6.92 Å². The summed E-state index contributed by atoms with van der Waals surface area (Å²) < 4.78 is 6.60. The number of halogens is 2. The number of rotatable bonds is 3. The highest BCUT2D eigenvalue weighted by Crippen LogP contribution is 2.26. The zero-order chi connectivity index (χ0) is 14.9. The maximum absolute atomic E-state index is 12.0. The largest absolute Gasteiger partial charge is 0.456 e. The van der Waals surface area contributed by atoms with Crippen molar-refractivity contribution in [2.75, 3.05) is 5.73 Å². The first-order valence-electron chi connectivity index (χ1n) is 5.81. The monoisotopic (exact) mass is 313 g/mol. The normalized spacial score (nSPS) is 10.6. The first-order valence-corrected chi connectivity index (χ1v) is 6.56. The second kappa shape index (κ2) is 5.73. The molecule has 0 saturated heterocycles. The number of benzene rings is 1. The Labute approximate surface area is 126 Å². The van der Waals surface area contributed by atoms with E-state index in [1.807, 2.05) is 0 Å². The fourth-order valence-corrected chi connectivity index (χ4v) is 2.16. The van der Waals surface area contributed by atoms with Crippen molar-refractivity contribution in [2.45, 2.75) is 13.5 Å². The maximum Gasteiger partial charge on any atom is 0.359 e. The average Bonchev–Trinajstić information content (AvgIpc) is 2.65. The van der Waals surface area contributed by atoms with Crippen LogP contribution in [0.3, 0.4) is 0 Å². The minimum atomic E-state index is -0.554. The van der Waals surface area contributed by atoms with Crippen molar-refractivity contribution in [3.05, 3.63) is 45.2 Å². The summed E-state index contributed by atoms with van der Waals surface area (Å²) >= 11 is 11.9. The van der Waals surface area contributed by atoms with Gasteiger partial charge in [-0.05, 0) is 13.0 Å². The molecule has 0 amide bonds. The Morgan fingerprint density at radius 2 is 2.15 bits per heavy atom. The molecule has 1 heterocycles. The molecule has 106 valence electrons. The van der Waals surface area contributed by atoms with Crippen molar-refractivity contribution in [2.24, 2.45) is 7.05 Å². The SMILES string of the molecule is Cc1nn(C)c(C(=O)OCc2cccc(Cl)c2Cl)c1N. The lowest BCUT2D eigenvalue weighted by Crippen LogP contribution is -2.12. The summed E-state index contributed by atoms with van der Waals surface area (Å²) in [4.78, 5) is 12.0. The van der Waals surface area contributed by atoms with Gasteiger partial charge in [-0.25, -0.2) is 4.79 Å². The number of nitrogens with two attached hydrogens (primary N) is 1. The van der Waals surface area contributed by atoms with E-state index in [4.69, 9.17) is 33.7 Å². The molecule has 0 spiro atoms. The van der Waals surface area contributed by atoms with Crippen molar-refractivity contribution in [1.29, 1.82) is 0 Å². The van der Waals surface area contributed by atoms with Gasteiger partial charge in [-0.15, -0.1) is 0 Å². The highest BCUT2D eigenvalue weighted by molar-refractivity contribution is 6.42. The molecule has 2 aromatic rings. The molecule has 0 aliphatic carbocycles. The smallest absolute Gasteiger partial charge is 0.359 e. The maximum atomic E-state index is 12.0. The summed E-state index contributed by atoms with van der Waals surface area (Å²) in [6, 6.07) is 5.14. The lowest BCUT2D eigenvalue weighted by Gasteiger charge is -2.08. The Morgan fingerprint density at radius 3 is 2.75 bits per heavy atom. The zero-order valence-electron chi connectivity index (χ0n) is 11.0. The van der Waals surface area contributed by atoms with E-state index in [0.717, 1.165) is 0 Å². The van der Waals surface area contributed by atoms with Gasteiger partial charge < -0.3 is 10.5 Å². The molecular weight excluding hydrogens is 301 g/mol. The van der Waals surface area contributed by atoms with E-state index in [9.17, 15) is 4.79 Å². The number of ether oxygens (including phenoxy) is 1. The van der Waals surface area contributed by atoms with Gasteiger partial charge >= 0.3 is 5.97 Å². The van der Waals surface area contributed by atoms with Gasteiger partial charge in [0.15, 0.2) is 5.69 Å². The Morgan fingerprint density at radius 1 is 1.45 bits per heavy atom. The predicted molar refractivity (Wildman–Crippen MR) is 77.9 cm³/mol. The third-order valence-corrected chi connectivity index (χ3v) is 3.71. The van der Waals surface area contributed by atoms with Crippen LogP contribution in [0.4, 0.5) is 5.69 Å². The van der Waals surface area contributed by atoms with Gasteiger partial charge in [-0.3, -0.25) is 4.68 Å². The van der Waals surface area contributed by atoms with E-state index in [1.54, 1.807) is 32.2 Å². The Bertz CT molecular complexity index is 668. The summed E-state index contributed by atoms with van der Waals surface area (Å²) in [7, 11) is 1.63. The third-order valence-electron chi connectivity index (χ3n) is 2.85. The van der Waals surface area contributed by atoms with Crippen molar-refractivity contribution < 1.29 is 9.53 Å². The number of aromatic nitrogens is 2. The van der Waals surface area contributed by atoms with Crippen LogP contribution < -0.4 is 5.73 Å². The van der Waals surface area contributed by atoms with Crippen LogP contribution in [0.25, 0.3) is 0 Å². The molecule has 1 aromatic carbocycles. The number of aryl methyl sites for hydroxylation is 2. The molecule has 0 unspecified atom stereocenters. The number of nitrogen functional groups attached to an aromatic ring is 1. The molecule has 0 radical (unpaired) electrons. The molecule has 0 aliphatic heterocycles. The molecule has 20 heavy (non-hydrogen) atoms. The minimum absolute atomic E-state index is 0.0158. The molecule has 2 rings (SSSR count). The molecule has 0 atom stereocenters. The first kappa shape index (κ1) is 14.7. The molecular formula is C13H13Cl2N3O2. The van der Waals surface area contributed by atoms with Crippen LogP contribution in [0.2, 0.25) is 10.0 Å². The Balaban J connectivity index is 2.15. The van der Waals surface area contributed by atoms with E-state index in [2.05, 4.69) is 5.10 Å². The fourth-order valence-electron chi connectivity index (χ4n) is 1.79. The van der Waals surface area contributed by atoms with Crippen molar-refractivity contribution in [3.63, 3.8) is 0 Å². The van der Waals surface area contributed by atoms with Gasteiger partial charge in [0, 0.05) is 12.6 Å². The topological polar surface area (TPSA) is 70.1 Å². The lowest BCUT2D eigenvalue weighted by atomic mass is 10.2. The van der Waals surface area contributed by atoms with Gasteiger partial charge in [0.1, 0.15) is 6.61 Å². The van der Waals surface area contributed by atoms with Gasteiger partial charge in [-0.2, -0.15) is 5.10 Å². The molecule has 0 fully saturated rings. The number of carbonyl (C=O) groups excluding carboxylic acids is 1. The molecule has 7 heteroatoms.